The molecule has 13 heavy (non-hydrogen) atoms. The van der Waals surface area contributed by atoms with Crippen LogP contribution in [-0.2, 0) is 11.3 Å². The second-order valence-electron chi connectivity index (χ2n) is 2.82. The van der Waals surface area contributed by atoms with Gasteiger partial charge in [0, 0.05) is 6.61 Å². The Hall–Kier alpha value is -0.930. The maximum absolute atomic E-state index is 12.7. The van der Waals surface area contributed by atoms with Crippen LogP contribution in [0.2, 0.25) is 0 Å². The van der Waals surface area contributed by atoms with Gasteiger partial charge in [0.2, 0.25) is 0 Å². The van der Waals surface area contributed by atoms with Gasteiger partial charge in [-0.05, 0) is 30.7 Å². The molecule has 0 aliphatic rings. The Labute approximate surface area is 77.5 Å². The van der Waals surface area contributed by atoms with Crippen LogP contribution in [0.15, 0.2) is 24.3 Å². The van der Waals surface area contributed by atoms with Crippen molar-refractivity contribution in [2.45, 2.75) is 13.0 Å². The summed E-state index contributed by atoms with van der Waals surface area (Å²) in [6, 6.07) is 6.41. The summed E-state index contributed by atoms with van der Waals surface area (Å²) in [6.07, 6.45) is 0.843. The third kappa shape index (κ3) is 4.01. The van der Waals surface area contributed by atoms with E-state index in [4.69, 9.17) is 10.5 Å². The number of ether oxygens (including phenoxy) is 1. The predicted molar refractivity (Wildman–Crippen MR) is 49.7 cm³/mol. The Kier molecular flexibility index (Phi) is 4.43. The van der Waals surface area contributed by atoms with E-state index in [1.165, 1.54) is 12.1 Å². The van der Waals surface area contributed by atoms with Crippen LogP contribution in [0.5, 0.6) is 0 Å². The predicted octanol–water partition coefficient (Wildman–Crippen LogP) is 1.69. The number of halogens is 1. The molecule has 0 aliphatic carbocycles. The molecule has 0 bridgehead atoms. The highest BCUT2D eigenvalue weighted by Crippen LogP contribution is 2.04. The van der Waals surface area contributed by atoms with Crippen molar-refractivity contribution in [2.24, 2.45) is 5.73 Å². The highest BCUT2D eigenvalue weighted by atomic mass is 19.1. The molecule has 0 radical (unpaired) electrons. The zero-order chi connectivity index (χ0) is 9.52. The molecule has 1 aromatic rings. The van der Waals surface area contributed by atoms with E-state index in [1.807, 2.05) is 6.07 Å². The fraction of sp³-hybridized carbons (Fsp3) is 0.400. The molecule has 0 aliphatic heterocycles. The maximum Gasteiger partial charge on any atom is 0.123 e. The van der Waals surface area contributed by atoms with Crippen LogP contribution in [0.25, 0.3) is 0 Å². The van der Waals surface area contributed by atoms with Crippen molar-refractivity contribution in [3.8, 4) is 0 Å². The van der Waals surface area contributed by atoms with Crippen molar-refractivity contribution in [3.63, 3.8) is 0 Å². The van der Waals surface area contributed by atoms with Gasteiger partial charge in [-0.25, -0.2) is 4.39 Å². The van der Waals surface area contributed by atoms with Gasteiger partial charge in [0.25, 0.3) is 0 Å². The van der Waals surface area contributed by atoms with Crippen LogP contribution >= 0.6 is 0 Å². The monoisotopic (exact) mass is 183 g/mol. The minimum Gasteiger partial charge on any atom is -0.377 e. The number of nitrogens with two attached hydrogens (primary N) is 1. The van der Waals surface area contributed by atoms with Gasteiger partial charge in [0.15, 0.2) is 0 Å². The van der Waals surface area contributed by atoms with Gasteiger partial charge in [-0.2, -0.15) is 0 Å². The molecule has 0 amide bonds. The Morgan fingerprint density at radius 1 is 1.38 bits per heavy atom. The summed E-state index contributed by atoms with van der Waals surface area (Å²) in [6.45, 7) is 1.72. The van der Waals surface area contributed by atoms with Crippen LogP contribution in [0.3, 0.4) is 0 Å². The van der Waals surface area contributed by atoms with Gasteiger partial charge in [-0.3, -0.25) is 0 Å². The van der Waals surface area contributed by atoms with E-state index in [1.54, 1.807) is 6.07 Å². The van der Waals surface area contributed by atoms with Crippen LogP contribution in [-0.4, -0.2) is 13.2 Å². The van der Waals surface area contributed by atoms with Gasteiger partial charge in [0.05, 0.1) is 6.61 Å². The first-order valence-corrected chi connectivity index (χ1v) is 4.35. The smallest absolute Gasteiger partial charge is 0.123 e. The summed E-state index contributed by atoms with van der Waals surface area (Å²) in [5.41, 5.74) is 6.15. The lowest BCUT2D eigenvalue weighted by Crippen LogP contribution is -2.04. The first-order chi connectivity index (χ1) is 6.33. The second-order valence-corrected chi connectivity index (χ2v) is 2.82. The van der Waals surface area contributed by atoms with E-state index in [0.29, 0.717) is 19.8 Å². The molecule has 0 fully saturated rings. The molecule has 1 aromatic carbocycles. The Balaban J connectivity index is 2.28. The third-order valence-corrected chi connectivity index (χ3v) is 1.65. The van der Waals surface area contributed by atoms with Crippen molar-refractivity contribution in [3.05, 3.63) is 35.6 Å². The largest absolute Gasteiger partial charge is 0.377 e. The van der Waals surface area contributed by atoms with E-state index >= 15 is 0 Å². The molecule has 0 unspecified atom stereocenters. The summed E-state index contributed by atoms with van der Waals surface area (Å²) in [4.78, 5) is 0. The quantitative estimate of drug-likeness (QED) is 0.705. The molecule has 0 spiro atoms. The number of benzene rings is 1. The molecule has 72 valence electrons. The molecule has 0 aromatic heterocycles. The minimum atomic E-state index is -0.222. The van der Waals surface area contributed by atoms with Gasteiger partial charge in [-0.15, -0.1) is 0 Å². The summed E-state index contributed by atoms with van der Waals surface area (Å²) >= 11 is 0. The topological polar surface area (TPSA) is 35.2 Å². The second kappa shape index (κ2) is 5.67. The first-order valence-electron chi connectivity index (χ1n) is 4.35. The van der Waals surface area contributed by atoms with Crippen molar-refractivity contribution < 1.29 is 9.13 Å². The number of rotatable bonds is 5. The number of hydrogen-bond acceptors (Lipinski definition) is 2. The van der Waals surface area contributed by atoms with E-state index < -0.39 is 0 Å². The molecule has 2 nitrogen and oxygen atoms in total. The molecule has 2 N–H and O–H groups in total. The highest BCUT2D eigenvalue weighted by Gasteiger charge is 1.94. The summed E-state index contributed by atoms with van der Waals surface area (Å²) in [5, 5.41) is 0. The minimum absolute atomic E-state index is 0.222. The molecular weight excluding hydrogens is 169 g/mol. The Bertz CT molecular complexity index is 252. The summed E-state index contributed by atoms with van der Waals surface area (Å²) in [5.74, 6) is -0.222. The van der Waals surface area contributed by atoms with Crippen molar-refractivity contribution in [1.29, 1.82) is 0 Å². The van der Waals surface area contributed by atoms with Gasteiger partial charge < -0.3 is 10.5 Å². The molecule has 0 saturated heterocycles. The Morgan fingerprint density at radius 2 is 2.23 bits per heavy atom. The molecular formula is C10H14FNO. The lowest BCUT2D eigenvalue weighted by Gasteiger charge is -2.02. The van der Waals surface area contributed by atoms with E-state index in [9.17, 15) is 4.39 Å². The third-order valence-electron chi connectivity index (χ3n) is 1.65. The highest BCUT2D eigenvalue weighted by molar-refractivity contribution is 5.15. The maximum atomic E-state index is 12.7. The standard InChI is InChI=1S/C10H14FNO/c11-10-4-1-3-9(7-10)8-13-6-2-5-12/h1,3-4,7H,2,5-6,8,12H2. The lowest BCUT2D eigenvalue weighted by atomic mass is 10.2. The number of hydrogen-bond donors (Lipinski definition) is 1. The van der Waals surface area contributed by atoms with Crippen molar-refractivity contribution in [2.75, 3.05) is 13.2 Å². The molecule has 3 heteroatoms. The zero-order valence-corrected chi connectivity index (χ0v) is 7.50. The van der Waals surface area contributed by atoms with Crippen LogP contribution < -0.4 is 5.73 Å². The Morgan fingerprint density at radius 3 is 2.92 bits per heavy atom. The lowest BCUT2D eigenvalue weighted by molar-refractivity contribution is 0.120. The van der Waals surface area contributed by atoms with E-state index in [-0.39, 0.29) is 5.82 Å². The normalized spacial score (nSPS) is 10.3. The zero-order valence-electron chi connectivity index (χ0n) is 7.50. The molecule has 0 heterocycles. The van der Waals surface area contributed by atoms with Crippen LogP contribution in [0.1, 0.15) is 12.0 Å². The SMILES string of the molecule is NCCCOCc1cccc(F)c1. The van der Waals surface area contributed by atoms with Crippen molar-refractivity contribution in [1.82, 2.24) is 0 Å². The van der Waals surface area contributed by atoms with Gasteiger partial charge >= 0.3 is 0 Å². The van der Waals surface area contributed by atoms with E-state index in [2.05, 4.69) is 0 Å². The molecule has 1 rings (SSSR count). The van der Waals surface area contributed by atoms with Gasteiger partial charge in [-0.1, -0.05) is 12.1 Å². The summed E-state index contributed by atoms with van der Waals surface area (Å²) in [7, 11) is 0. The average Bonchev–Trinajstić information content (AvgIpc) is 2.13. The fourth-order valence-corrected chi connectivity index (χ4v) is 1.00. The van der Waals surface area contributed by atoms with Gasteiger partial charge in [0.1, 0.15) is 5.82 Å². The summed E-state index contributed by atoms with van der Waals surface area (Å²) < 4.78 is 17.9. The van der Waals surface area contributed by atoms with E-state index in [0.717, 1.165) is 12.0 Å². The molecule has 0 atom stereocenters. The van der Waals surface area contributed by atoms with Crippen LogP contribution in [0.4, 0.5) is 4.39 Å². The van der Waals surface area contributed by atoms with Crippen LogP contribution in [0, 0.1) is 5.82 Å². The molecule has 0 saturated carbocycles. The first kappa shape index (κ1) is 10.2. The fourth-order valence-electron chi connectivity index (χ4n) is 1.00. The average molecular weight is 183 g/mol. The van der Waals surface area contributed by atoms with Crippen molar-refractivity contribution >= 4 is 0 Å².